The maximum absolute atomic E-state index is 11.7. The molecule has 0 unspecified atom stereocenters. The fourth-order valence-electron chi connectivity index (χ4n) is 0.953. The molecule has 0 saturated carbocycles. The Labute approximate surface area is 87.4 Å². The molecule has 2 N–H and O–H groups in total. The van der Waals surface area contributed by atoms with E-state index in [-0.39, 0.29) is 19.0 Å². The summed E-state index contributed by atoms with van der Waals surface area (Å²) in [7, 11) is 0. The highest BCUT2D eigenvalue weighted by Gasteiger charge is 2.25. The second-order valence-electron chi connectivity index (χ2n) is 3.25. The molecule has 0 aliphatic rings. The molecule has 0 fully saturated rings. The van der Waals surface area contributed by atoms with Crippen LogP contribution in [0, 0.1) is 0 Å². The summed E-state index contributed by atoms with van der Waals surface area (Å²) in [5, 5.41) is 5.05. The summed E-state index contributed by atoms with van der Waals surface area (Å²) in [6.07, 6.45) is -3.65. The maximum atomic E-state index is 11.7. The van der Waals surface area contributed by atoms with Crippen molar-refractivity contribution in [2.45, 2.75) is 38.8 Å². The molecular formula is C9H17F3N2O. The highest BCUT2D eigenvalue weighted by molar-refractivity contribution is 5.73. The number of nitrogens with one attached hydrogen (secondary N) is 2. The van der Waals surface area contributed by atoms with E-state index in [4.69, 9.17) is 0 Å². The van der Waals surface area contributed by atoms with Crippen LogP contribution in [-0.2, 0) is 0 Å². The van der Waals surface area contributed by atoms with Crippen molar-refractivity contribution in [1.82, 2.24) is 10.6 Å². The zero-order valence-electron chi connectivity index (χ0n) is 8.78. The van der Waals surface area contributed by atoms with Crippen molar-refractivity contribution < 1.29 is 18.0 Å². The van der Waals surface area contributed by atoms with Crippen molar-refractivity contribution in [3.63, 3.8) is 0 Å². The lowest BCUT2D eigenvalue weighted by molar-refractivity contribution is -0.135. The van der Waals surface area contributed by atoms with Gasteiger partial charge in [0.05, 0.1) is 0 Å². The first-order valence-electron chi connectivity index (χ1n) is 5.04. The minimum absolute atomic E-state index is 0.0531. The van der Waals surface area contributed by atoms with E-state index in [1.165, 1.54) is 0 Å². The molecule has 0 saturated heterocycles. The van der Waals surface area contributed by atoms with Crippen LogP contribution in [0.25, 0.3) is 0 Å². The quantitative estimate of drug-likeness (QED) is 0.671. The number of hydrogen-bond acceptors (Lipinski definition) is 1. The number of amides is 2. The van der Waals surface area contributed by atoms with Crippen LogP contribution in [0.1, 0.15) is 32.6 Å². The van der Waals surface area contributed by atoms with Crippen LogP contribution >= 0.6 is 0 Å². The Morgan fingerprint density at radius 1 is 1.13 bits per heavy atom. The lowest BCUT2D eigenvalue weighted by Gasteiger charge is -2.07. The van der Waals surface area contributed by atoms with Gasteiger partial charge in [0, 0.05) is 19.5 Å². The molecule has 0 bridgehead atoms. The summed E-state index contributed by atoms with van der Waals surface area (Å²) in [6, 6.07) is -0.316. The van der Waals surface area contributed by atoms with Gasteiger partial charge < -0.3 is 10.6 Å². The van der Waals surface area contributed by atoms with Gasteiger partial charge in [-0.15, -0.1) is 0 Å². The molecule has 2 amide bonds. The smallest absolute Gasteiger partial charge is 0.338 e. The Morgan fingerprint density at radius 3 is 2.27 bits per heavy atom. The van der Waals surface area contributed by atoms with E-state index in [1.54, 1.807) is 0 Å². The molecule has 0 aromatic rings. The van der Waals surface area contributed by atoms with Crippen molar-refractivity contribution >= 4 is 6.03 Å². The number of unbranched alkanes of at least 4 members (excludes halogenated alkanes) is 1. The molecule has 3 nitrogen and oxygen atoms in total. The van der Waals surface area contributed by atoms with E-state index in [1.807, 2.05) is 6.92 Å². The van der Waals surface area contributed by atoms with E-state index in [9.17, 15) is 18.0 Å². The van der Waals surface area contributed by atoms with E-state index < -0.39 is 12.6 Å². The van der Waals surface area contributed by atoms with Gasteiger partial charge in [-0.2, -0.15) is 13.2 Å². The van der Waals surface area contributed by atoms with Crippen LogP contribution in [0.15, 0.2) is 0 Å². The van der Waals surface area contributed by atoms with Gasteiger partial charge in [-0.1, -0.05) is 6.92 Å². The van der Waals surface area contributed by atoms with Crippen LogP contribution in [0.3, 0.4) is 0 Å². The molecule has 0 aromatic carbocycles. The summed E-state index contributed by atoms with van der Waals surface area (Å²) in [5.74, 6) is 0. The molecule has 6 heteroatoms. The Hall–Kier alpha value is -0.940. The van der Waals surface area contributed by atoms with E-state index >= 15 is 0 Å². The first kappa shape index (κ1) is 14.1. The first-order chi connectivity index (χ1) is 6.95. The van der Waals surface area contributed by atoms with Crippen LogP contribution in [0.4, 0.5) is 18.0 Å². The van der Waals surface area contributed by atoms with Crippen molar-refractivity contribution in [1.29, 1.82) is 0 Å². The van der Waals surface area contributed by atoms with Crippen molar-refractivity contribution in [2.75, 3.05) is 13.1 Å². The third kappa shape index (κ3) is 11.0. The standard InChI is InChI=1S/C9H17F3N2O/c1-2-6-13-8(15)14-7-4-3-5-9(10,11)12/h2-7H2,1H3,(H2,13,14,15). The third-order valence-corrected chi connectivity index (χ3v) is 1.71. The van der Waals surface area contributed by atoms with E-state index in [0.29, 0.717) is 13.0 Å². The third-order valence-electron chi connectivity index (χ3n) is 1.71. The van der Waals surface area contributed by atoms with Crippen LogP contribution < -0.4 is 10.6 Å². The number of halogens is 3. The number of urea groups is 1. The molecule has 0 rings (SSSR count). The molecule has 15 heavy (non-hydrogen) atoms. The monoisotopic (exact) mass is 226 g/mol. The lowest BCUT2D eigenvalue weighted by Crippen LogP contribution is -2.36. The van der Waals surface area contributed by atoms with E-state index in [0.717, 1.165) is 6.42 Å². The topological polar surface area (TPSA) is 41.1 Å². The Kier molecular flexibility index (Phi) is 6.90. The van der Waals surface area contributed by atoms with Gasteiger partial charge in [0.25, 0.3) is 0 Å². The normalized spacial score (nSPS) is 11.2. The summed E-state index contributed by atoms with van der Waals surface area (Å²) in [5.41, 5.74) is 0. The Bertz CT molecular complexity index is 183. The van der Waals surface area contributed by atoms with Crippen LogP contribution in [0.5, 0.6) is 0 Å². The van der Waals surface area contributed by atoms with Crippen LogP contribution in [-0.4, -0.2) is 25.3 Å². The van der Waals surface area contributed by atoms with Crippen molar-refractivity contribution in [3.8, 4) is 0 Å². The molecule has 0 spiro atoms. The summed E-state index contributed by atoms with van der Waals surface area (Å²) < 4.78 is 35.1. The zero-order valence-corrected chi connectivity index (χ0v) is 8.78. The highest BCUT2D eigenvalue weighted by atomic mass is 19.4. The largest absolute Gasteiger partial charge is 0.389 e. The second-order valence-corrected chi connectivity index (χ2v) is 3.25. The molecule has 0 atom stereocenters. The minimum Gasteiger partial charge on any atom is -0.338 e. The molecule has 0 aromatic heterocycles. The predicted molar refractivity (Wildman–Crippen MR) is 51.6 cm³/mol. The lowest BCUT2D eigenvalue weighted by atomic mass is 10.2. The molecule has 0 aliphatic heterocycles. The molecule has 90 valence electrons. The van der Waals surface area contributed by atoms with Gasteiger partial charge in [-0.25, -0.2) is 4.79 Å². The number of carbonyl (C=O) groups excluding carboxylic acids is 1. The Balaban J connectivity index is 3.27. The summed E-state index contributed by atoms with van der Waals surface area (Å²) in [6.45, 7) is 2.78. The summed E-state index contributed by atoms with van der Waals surface area (Å²) in [4.78, 5) is 10.9. The molecular weight excluding hydrogens is 209 g/mol. The minimum atomic E-state index is -4.09. The highest BCUT2D eigenvalue weighted by Crippen LogP contribution is 2.21. The fraction of sp³-hybridized carbons (Fsp3) is 0.889. The number of carbonyl (C=O) groups is 1. The molecule has 0 heterocycles. The maximum Gasteiger partial charge on any atom is 0.389 e. The van der Waals surface area contributed by atoms with Gasteiger partial charge in [-0.05, 0) is 19.3 Å². The molecule has 0 aliphatic carbocycles. The fourth-order valence-corrected chi connectivity index (χ4v) is 0.953. The van der Waals surface area contributed by atoms with E-state index in [2.05, 4.69) is 10.6 Å². The van der Waals surface area contributed by atoms with Gasteiger partial charge in [0.1, 0.15) is 0 Å². The zero-order chi connectivity index (χ0) is 11.7. The summed E-state index contributed by atoms with van der Waals surface area (Å²) >= 11 is 0. The average molecular weight is 226 g/mol. The van der Waals surface area contributed by atoms with Gasteiger partial charge in [0.15, 0.2) is 0 Å². The van der Waals surface area contributed by atoms with Crippen molar-refractivity contribution in [3.05, 3.63) is 0 Å². The average Bonchev–Trinajstić information content (AvgIpc) is 2.12. The number of rotatable bonds is 6. The number of hydrogen-bond donors (Lipinski definition) is 2. The molecule has 0 radical (unpaired) electrons. The van der Waals surface area contributed by atoms with Gasteiger partial charge in [-0.3, -0.25) is 0 Å². The first-order valence-corrected chi connectivity index (χ1v) is 5.04. The van der Waals surface area contributed by atoms with Gasteiger partial charge >= 0.3 is 12.2 Å². The Morgan fingerprint density at radius 2 is 1.73 bits per heavy atom. The van der Waals surface area contributed by atoms with Crippen molar-refractivity contribution in [2.24, 2.45) is 0 Å². The number of alkyl halides is 3. The van der Waals surface area contributed by atoms with Gasteiger partial charge in [0.2, 0.25) is 0 Å². The predicted octanol–water partition coefficient (Wildman–Crippen LogP) is 2.43. The van der Waals surface area contributed by atoms with Crippen LogP contribution in [0.2, 0.25) is 0 Å². The SMILES string of the molecule is CCCNC(=O)NCCCCC(F)(F)F. The second kappa shape index (κ2) is 7.36.